The summed E-state index contributed by atoms with van der Waals surface area (Å²) in [5.74, 6) is -0.680. The highest BCUT2D eigenvalue weighted by molar-refractivity contribution is 5.86. The van der Waals surface area contributed by atoms with Crippen LogP contribution in [0.15, 0.2) is 60.7 Å². The molecule has 22 heavy (non-hydrogen) atoms. The molecule has 2 aromatic rings. The molecule has 2 amide bonds. The second kappa shape index (κ2) is 7.98. The van der Waals surface area contributed by atoms with Gasteiger partial charge in [0.05, 0.1) is 0 Å². The fraction of sp³-hybridized carbons (Fsp3) is 0.222. The largest absolute Gasteiger partial charge is 0.368 e. The van der Waals surface area contributed by atoms with Crippen molar-refractivity contribution in [1.82, 2.24) is 5.32 Å². The van der Waals surface area contributed by atoms with Crippen LogP contribution in [-0.4, -0.2) is 17.9 Å². The average molecular weight is 296 g/mol. The Labute approximate surface area is 130 Å². The topological polar surface area (TPSA) is 72.2 Å². The normalized spacial score (nSPS) is 11.6. The molecule has 0 aliphatic carbocycles. The van der Waals surface area contributed by atoms with Crippen LogP contribution in [0.4, 0.5) is 0 Å². The third-order valence-corrected chi connectivity index (χ3v) is 3.44. The van der Waals surface area contributed by atoms with E-state index in [2.05, 4.69) is 5.32 Å². The zero-order valence-electron chi connectivity index (χ0n) is 12.4. The summed E-state index contributed by atoms with van der Waals surface area (Å²) in [4.78, 5) is 23.5. The summed E-state index contributed by atoms with van der Waals surface area (Å²) in [6.07, 6.45) is 1.39. The fourth-order valence-electron chi connectivity index (χ4n) is 2.24. The molecule has 0 aromatic heterocycles. The maximum absolute atomic E-state index is 12.0. The number of carbonyl (C=O) groups is 2. The van der Waals surface area contributed by atoms with Crippen LogP contribution in [0, 0.1) is 0 Å². The quantitative estimate of drug-likeness (QED) is 0.818. The number of rotatable bonds is 7. The Morgan fingerprint density at radius 2 is 1.45 bits per heavy atom. The zero-order chi connectivity index (χ0) is 15.8. The molecule has 0 heterocycles. The van der Waals surface area contributed by atoms with E-state index >= 15 is 0 Å². The van der Waals surface area contributed by atoms with Gasteiger partial charge in [0.1, 0.15) is 6.04 Å². The van der Waals surface area contributed by atoms with E-state index in [1.54, 1.807) is 0 Å². The first kappa shape index (κ1) is 15.8. The van der Waals surface area contributed by atoms with Gasteiger partial charge in [0.25, 0.3) is 0 Å². The number of carbonyl (C=O) groups excluding carboxylic acids is 2. The number of primary amides is 1. The maximum atomic E-state index is 12.0. The van der Waals surface area contributed by atoms with Crippen LogP contribution in [0.25, 0.3) is 0 Å². The lowest BCUT2D eigenvalue weighted by Gasteiger charge is -2.15. The molecule has 2 aromatic carbocycles. The first-order chi connectivity index (χ1) is 10.6. The number of hydrogen-bond acceptors (Lipinski definition) is 2. The van der Waals surface area contributed by atoms with Gasteiger partial charge in [-0.15, -0.1) is 0 Å². The van der Waals surface area contributed by atoms with E-state index in [9.17, 15) is 9.59 Å². The highest BCUT2D eigenvalue weighted by Gasteiger charge is 2.18. The Morgan fingerprint density at radius 1 is 0.909 bits per heavy atom. The van der Waals surface area contributed by atoms with Crippen molar-refractivity contribution in [2.45, 2.75) is 25.3 Å². The van der Waals surface area contributed by atoms with Gasteiger partial charge in [0.2, 0.25) is 11.8 Å². The van der Waals surface area contributed by atoms with Crippen LogP contribution < -0.4 is 11.1 Å². The molecule has 0 saturated carbocycles. The zero-order valence-corrected chi connectivity index (χ0v) is 12.4. The van der Waals surface area contributed by atoms with Crippen LogP contribution in [0.3, 0.4) is 0 Å². The predicted molar refractivity (Wildman–Crippen MR) is 86.0 cm³/mol. The monoisotopic (exact) mass is 296 g/mol. The lowest BCUT2D eigenvalue weighted by molar-refractivity contribution is -0.127. The molecule has 1 atom stereocenters. The molecule has 4 heteroatoms. The number of aryl methyl sites for hydroxylation is 1. The second-order valence-corrected chi connectivity index (χ2v) is 5.20. The Morgan fingerprint density at radius 3 is 2.00 bits per heavy atom. The Hall–Kier alpha value is -2.62. The molecule has 114 valence electrons. The van der Waals surface area contributed by atoms with Crippen LogP contribution in [0.1, 0.15) is 17.5 Å². The lowest BCUT2D eigenvalue weighted by Crippen LogP contribution is -2.45. The summed E-state index contributed by atoms with van der Waals surface area (Å²) in [6, 6.07) is 18.6. The van der Waals surface area contributed by atoms with Gasteiger partial charge in [-0.3, -0.25) is 9.59 Å². The number of benzene rings is 2. The molecular weight excluding hydrogens is 276 g/mol. The van der Waals surface area contributed by atoms with E-state index in [1.807, 2.05) is 60.7 Å². The summed E-state index contributed by atoms with van der Waals surface area (Å²) < 4.78 is 0. The van der Waals surface area contributed by atoms with Crippen molar-refractivity contribution in [3.05, 3.63) is 71.8 Å². The van der Waals surface area contributed by atoms with Crippen molar-refractivity contribution < 1.29 is 9.59 Å². The van der Waals surface area contributed by atoms with Gasteiger partial charge in [-0.2, -0.15) is 0 Å². The van der Waals surface area contributed by atoms with Crippen LogP contribution in [0.5, 0.6) is 0 Å². The van der Waals surface area contributed by atoms with E-state index in [1.165, 1.54) is 0 Å². The van der Waals surface area contributed by atoms with Gasteiger partial charge >= 0.3 is 0 Å². The SMILES string of the molecule is NC(=O)[C@H](Cc1ccccc1)NC(=O)CCc1ccccc1. The molecule has 2 rings (SSSR count). The van der Waals surface area contributed by atoms with Gasteiger partial charge < -0.3 is 11.1 Å². The van der Waals surface area contributed by atoms with Gasteiger partial charge in [0.15, 0.2) is 0 Å². The summed E-state index contributed by atoms with van der Waals surface area (Å²) >= 11 is 0. The third-order valence-electron chi connectivity index (χ3n) is 3.44. The molecule has 0 saturated heterocycles. The third kappa shape index (κ3) is 5.05. The molecular formula is C18H20N2O2. The fourth-order valence-corrected chi connectivity index (χ4v) is 2.24. The minimum atomic E-state index is -0.675. The molecule has 0 bridgehead atoms. The van der Waals surface area contributed by atoms with E-state index < -0.39 is 11.9 Å². The highest BCUT2D eigenvalue weighted by atomic mass is 16.2. The van der Waals surface area contributed by atoms with Crippen LogP contribution in [0.2, 0.25) is 0 Å². The summed E-state index contributed by atoms with van der Waals surface area (Å²) in [6.45, 7) is 0. The summed E-state index contributed by atoms with van der Waals surface area (Å²) in [5.41, 5.74) is 7.45. The minimum absolute atomic E-state index is 0.163. The van der Waals surface area contributed by atoms with E-state index in [4.69, 9.17) is 5.73 Å². The van der Waals surface area contributed by atoms with Gasteiger partial charge in [-0.1, -0.05) is 60.7 Å². The molecule has 4 nitrogen and oxygen atoms in total. The Balaban J connectivity index is 1.88. The van der Waals surface area contributed by atoms with Crippen LogP contribution >= 0.6 is 0 Å². The molecule has 0 spiro atoms. The molecule has 0 aliphatic rings. The van der Waals surface area contributed by atoms with Crippen molar-refractivity contribution >= 4 is 11.8 Å². The molecule has 0 aliphatic heterocycles. The Bertz CT molecular complexity index is 611. The summed E-state index contributed by atoms with van der Waals surface area (Å²) in [7, 11) is 0. The lowest BCUT2D eigenvalue weighted by atomic mass is 10.0. The first-order valence-electron chi connectivity index (χ1n) is 7.31. The number of nitrogens with one attached hydrogen (secondary N) is 1. The van der Waals surface area contributed by atoms with E-state index in [-0.39, 0.29) is 5.91 Å². The van der Waals surface area contributed by atoms with Gasteiger partial charge in [-0.25, -0.2) is 0 Å². The van der Waals surface area contributed by atoms with Crippen molar-refractivity contribution in [1.29, 1.82) is 0 Å². The summed E-state index contributed by atoms with van der Waals surface area (Å²) in [5, 5.41) is 2.72. The predicted octanol–water partition coefficient (Wildman–Crippen LogP) is 1.83. The smallest absolute Gasteiger partial charge is 0.240 e. The van der Waals surface area contributed by atoms with Crippen molar-refractivity contribution in [3.8, 4) is 0 Å². The van der Waals surface area contributed by atoms with Gasteiger partial charge in [-0.05, 0) is 17.5 Å². The second-order valence-electron chi connectivity index (χ2n) is 5.20. The number of nitrogens with two attached hydrogens (primary N) is 1. The molecule has 0 unspecified atom stereocenters. The molecule has 3 N–H and O–H groups in total. The van der Waals surface area contributed by atoms with Crippen LogP contribution in [-0.2, 0) is 22.4 Å². The highest BCUT2D eigenvalue weighted by Crippen LogP contribution is 2.05. The van der Waals surface area contributed by atoms with E-state index in [0.717, 1.165) is 11.1 Å². The molecule has 0 radical (unpaired) electrons. The van der Waals surface area contributed by atoms with Crippen molar-refractivity contribution in [2.75, 3.05) is 0 Å². The Kier molecular flexibility index (Phi) is 5.72. The average Bonchev–Trinajstić information content (AvgIpc) is 2.54. The minimum Gasteiger partial charge on any atom is -0.368 e. The first-order valence-corrected chi connectivity index (χ1v) is 7.31. The van der Waals surface area contributed by atoms with Gasteiger partial charge in [0, 0.05) is 12.8 Å². The van der Waals surface area contributed by atoms with Crippen molar-refractivity contribution in [2.24, 2.45) is 5.73 Å². The molecule has 0 fully saturated rings. The number of hydrogen-bond donors (Lipinski definition) is 2. The standard InChI is InChI=1S/C18H20N2O2/c19-18(22)16(13-15-9-5-2-6-10-15)20-17(21)12-11-14-7-3-1-4-8-14/h1-10,16H,11-13H2,(H2,19,22)(H,20,21)/t16-/m0/s1. The van der Waals surface area contributed by atoms with Crippen molar-refractivity contribution in [3.63, 3.8) is 0 Å². The maximum Gasteiger partial charge on any atom is 0.240 e. The number of amides is 2. The van der Waals surface area contributed by atoms with E-state index in [0.29, 0.717) is 19.3 Å².